The lowest BCUT2D eigenvalue weighted by molar-refractivity contribution is -0.0499. The lowest BCUT2D eigenvalue weighted by Crippen LogP contribution is -2.50. The van der Waals surface area contributed by atoms with Gasteiger partial charge in [-0.2, -0.15) is 0 Å². The molecule has 2 atom stereocenters. The molecule has 0 radical (unpaired) electrons. The number of rotatable bonds is 3. The van der Waals surface area contributed by atoms with E-state index in [0.717, 1.165) is 44.4 Å². The van der Waals surface area contributed by atoms with Gasteiger partial charge in [0.1, 0.15) is 0 Å². The lowest BCUT2D eigenvalue weighted by atomic mass is 10.1. The van der Waals surface area contributed by atoms with E-state index in [1.807, 2.05) is 19.2 Å². The van der Waals surface area contributed by atoms with Gasteiger partial charge in [-0.15, -0.1) is 0 Å². The van der Waals surface area contributed by atoms with Crippen LogP contribution in [0.15, 0.2) is 42.6 Å². The molecule has 0 spiro atoms. The van der Waals surface area contributed by atoms with E-state index in [2.05, 4.69) is 50.1 Å². The quantitative estimate of drug-likeness (QED) is 0.866. The zero-order valence-electron chi connectivity index (χ0n) is 13.4. The van der Waals surface area contributed by atoms with Crippen molar-refractivity contribution >= 4 is 5.95 Å². The van der Waals surface area contributed by atoms with Crippen LogP contribution in [-0.2, 0) is 11.3 Å². The molecular formula is C18H22N4O. The van der Waals surface area contributed by atoms with Crippen LogP contribution in [-0.4, -0.2) is 53.3 Å². The number of fused-ring (bicyclic) bond motifs is 1. The van der Waals surface area contributed by atoms with Crippen molar-refractivity contribution in [3.63, 3.8) is 0 Å². The van der Waals surface area contributed by atoms with Gasteiger partial charge in [-0.05, 0) is 18.6 Å². The zero-order valence-corrected chi connectivity index (χ0v) is 13.4. The van der Waals surface area contributed by atoms with E-state index in [4.69, 9.17) is 4.74 Å². The van der Waals surface area contributed by atoms with Crippen LogP contribution in [0.25, 0.3) is 0 Å². The van der Waals surface area contributed by atoms with Crippen molar-refractivity contribution in [1.82, 2.24) is 14.9 Å². The third-order valence-electron chi connectivity index (χ3n) is 4.71. The highest BCUT2D eigenvalue weighted by Gasteiger charge is 2.40. The summed E-state index contributed by atoms with van der Waals surface area (Å²) in [6.45, 7) is 6.58. The Hall–Kier alpha value is -1.98. The Morgan fingerprint density at radius 1 is 1.17 bits per heavy atom. The minimum Gasteiger partial charge on any atom is -0.373 e. The summed E-state index contributed by atoms with van der Waals surface area (Å²) < 4.78 is 6.01. The Morgan fingerprint density at radius 3 is 2.87 bits per heavy atom. The van der Waals surface area contributed by atoms with Gasteiger partial charge < -0.3 is 9.64 Å². The number of morpholine rings is 1. The van der Waals surface area contributed by atoms with Gasteiger partial charge in [0.05, 0.1) is 18.8 Å². The normalized spacial score (nSPS) is 24.7. The molecule has 0 bridgehead atoms. The van der Waals surface area contributed by atoms with Crippen LogP contribution in [0.2, 0.25) is 0 Å². The lowest BCUT2D eigenvalue weighted by Gasteiger charge is -2.36. The number of nitrogens with zero attached hydrogens (tertiary/aromatic N) is 4. The van der Waals surface area contributed by atoms with Gasteiger partial charge >= 0.3 is 0 Å². The first-order valence-electron chi connectivity index (χ1n) is 8.24. The highest BCUT2D eigenvalue weighted by atomic mass is 16.5. The molecule has 120 valence electrons. The molecule has 2 saturated heterocycles. The summed E-state index contributed by atoms with van der Waals surface area (Å²) in [7, 11) is 0. The van der Waals surface area contributed by atoms with Crippen molar-refractivity contribution in [3.05, 3.63) is 53.9 Å². The molecule has 23 heavy (non-hydrogen) atoms. The number of hydrogen-bond donors (Lipinski definition) is 0. The van der Waals surface area contributed by atoms with E-state index >= 15 is 0 Å². The molecule has 1 aromatic carbocycles. The van der Waals surface area contributed by atoms with Gasteiger partial charge in [0.2, 0.25) is 5.95 Å². The molecule has 4 rings (SSSR count). The highest BCUT2D eigenvalue weighted by molar-refractivity contribution is 5.34. The van der Waals surface area contributed by atoms with Crippen LogP contribution < -0.4 is 4.90 Å². The molecule has 2 aliphatic heterocycles. The minimum absolute atomic E-state index is 0.247. The van der Waals surface area contributed by atoms with Gasteiger partial charge in [-0.3, -0.25) is 4.90 Å². The summed E-state index contributed by atoms with van der Waals surface area (Å²) in [5.41, 5.74) is 2.37. The molecule has 2 fully saturated rings. The van der Waals surface area contributed by atoms with Crippen molar-refractivity contribution < 1.29 is 4.74 Å². The van der Waals surface area contributed by atoms with Crippen molar-refractivity contribution in [2.24, 2.45) is 0 Å². The summed E-state index contributed by atoms with van der Waals surface area (Å²) >= 11 is 0. The largest absolute Gasteiger partial charge is 0.373 e. The molecule has 1 aromatic heterocycles. The number of hydrogen-bond acceptors (Lipinski definition) is 5. The van der Waals surface area contributed by atoms with Crippen molar-refractivity contribution in [2.75, 3.05) is 31.1 Å². The maximum atomic E-state index is 6.01. The first-order valence-corrected chi connectivity index (χ1v) is 8.24. The number of anilines is 1. The van der Waals surface area contributed by atoms with Gasteiger partial charge in [0, 0.05) is 38.1 Å². The first kappa shape index (κ1) is 14.6. The maximum absolute atomic E-state index is 6.01. The van der Waals surface area contributed by atoms with Crippen LogP contribution in [0.4, 0.5) is 5.95 Å². The second-order valence-corrected chi connectivity index (χ2v) is 6.34. The number of aromatic nitrogens is 2. The Balaban J connectivity index is 1.50. The molecule has 3 heterocycles. The molecule has 0 aliphatic carbocycles. The molecule has 0 N–H and O–H groups in total. The molecule has 5 heteroatoms. The van der Waals surface area contributed by atoms with Crippen LogP contribution in [0.1, 0.15) is 11.3 Å². The van der Waals surface area contributed by atoms with Crippen LogP contribution in [0.3, 0.4) is 0 Å². The Labute approximate surface area is 136 Å². The van der Waals surface area contributed by atoms with E-state index in [9.17, 15) is 0 Å². The number of ether oxygens (including phenoxy) is 1. The fraction of sp³-hybridized carbons (Fsp3) is 0.444. The second kappa shape index (κ2) is 6.26. The van der Waals surface area contributed by atoms with Crippen molar-refractivity contribution in [3.8, 4) is 0 Å². The van der Waals surface area contributed by atoms with Gasteiger partial charge in [-0.25, -0.2) is 9.97 Å². The van der Waals surface area contributed by atoms with E-state index in [0.29, 0.717) is 6.04 Å². The maximum Gasteiger partial charge on any atom is 0.225 e. The first-order chi connectivity index (χ1) is 11.3. The summed E-state index contributed by atoms with van der Waals surface area (Å²) in [5.74, 6) is 0.822. The predicted molar refractivity (Wildman–Crippen MR) is 89.4 cm³/mol. The van der Waals surface area contributed by atoms with Crippen LogP contribution >= 0.6 is 0 Å². The Morgan fingerprint density at radius 2 is 2.04 bits per heavy atom. The van der Waals surface area contributed by atoms with Gasteiger partial charge in [0.15, 0.2) is 0 Å². The molecule has 0 amide bonds. The topological polar surface area (TPSA) is 41.5 Å². The Bertz CT molecular complexity index is 663. The monoisotopic (exact) mass is 310 g/mol. The Kier molecular flexibility index (Phi) is 3.97. The van der Waals surface area contributed by atoms with Crippen LogP contribution in [0, 0.1) is 6.92 Å². The standard InChI is InChI=1S/C18H22N4O/c1-14-7-8-19-18(20-14)22-12-16-17(13-22)23-10-9-21(16)11-15-5-3-2-4-6-15/h2-8,16-17H,9-13H2,1H3/t16-,17-/m1/s1. The van der Waals surface area contributed by atoms with E-state index < -0.39 is 0 Å². The number of aryl methyl sites for hydroxylation is 1. The molecule has 5 nitrogen and oxygen atoms in total. The molecule has 2 aromatic rings. The molecule has 2 aliphatic rings. The summed E-state index contributed by atoms with van der Waals surface area (Å²) in [6.07, 6.45) is 2.08. The number of benzene rings is 1. The summed E-state index contributed by atoms with van der Waals surface area (Å²) in [5, 5.41) is 0. The summed E-state index contributed by atoms with van der Waals surface area (Å²) in [4.78, 5) is 13.8. The second-order valence-electron chi connectivity index (χ2n) is 6.34. The predicted octanol–water partition coefficient (Wildman–Crippen LogP) is 1.87. The minimum atomic E-state index is 0.247. The molecule has 0 unspecified atom stereocenters. The average molecular weight is 310 g/mol. The van der Waals surface area contributed by atoms with Gasteiger partial charge in [-0.1, -0.05) is 30.3 Å². The van der Waals surface area contributed by atoms with Gasteiger partial charge in [0.25, 0.3) is 0 Å². The third-order valence-corrected chi connectivity index (χ3v) is 4.71. The smallest absolute Gasteiger partial charge is 0.225 e. The highest BCUT2D eigenvalue weighted by Crippen LogP contribution is 2.26. The summed E-state index contributed by atoms with van der Waals surface area (Å²) in [6, 6.07) is 13.0. The van der Waals surface area contributed by atoms with E-state index in [1.165, 1.54) is 5.56 Å². The van der Waals surface area contributed by atoms with Crippen molar-refractivity contribution in [1.29, 1.82) is 0 Å². The van der Waals surface area contributed by atoms with Crippen LogP contribution in [0.5, 0.6) is 0 Å². The average Bonchev–Trinajstić information content (AvgIpc) is 3.01. The fourth-order valence-corrected chi connectivity index (χ4v) is 3.52. The van der Waals surface area contributed by atoms with E-state index in [-0.39, 0.29) is 6.10 Å². The SMILES string of the molecule is Cc1ccnc(N2C[C@@H]3[C@@H](C2)OCCN3Cc2ccccc2)n1. The zero-order chi connectivity index (χ0) is 15.6. The van der Waals surface area contributed by atoms with Crippen molar-refractivity contribution in [2.45, 2.75) is 25.6 Å². The van der Waals surface area contributed by atoms with E-state index in [1.54, 1.807) is 0 Å². The molecular weight excluding hydrogens is 288 g/mol. The molecule has 0 saturated carbocycles. The third kappa shape index (κ3) is 3.07. The fourth-order valence-electron chi connectivity index (χ4n) is 3.52.